The molecule has 0 saturated carbocycles. The van der Waals surface area contributed by atoms with Gasteiger partial charge in [0.1, 0.15) is 0 Å². The van der Waals surface area contributed by atoms with E-state index in [-0.39, 0.29) is 12.0 Å². The van der Waals surface area contributed by atoms with Gasteiger partial charge in [-0.05, 0) is 45.1 Å². The molecule has 2 bridgehead atoms. The molecule has 5 nitrogen and oxygen atoms in total. The van der Waals surface area contributed by atoms with Crippen LogP contribution in [0.25, 0.3) is 0 Å². The lowest BCUT2D eigenvalue weighted by Gasteiger charge is -2.37. The van der Waals surface area contributed by atoms with E-state index in [2.05, 4.69) is 10.3 Å². The Hall–Kier alpha value is -0.650. The standard InChI is InChI=1S/C13H25N3O2/c14-15-13(18)4-2-1-3-7-16-10-5-6-11(16)9-12(17)8-10/h10-12,17H,1-9,14H2,(H,15,18). The van der Waals surface area contributed by atoms with Crippen molar-refractivity contribution in [2.24, 2.45) is 5.84 Å². The molecule has 18 heavy (non-hydrogen) atoms. The number of unbranched alkanes of at least 4 members (excludes halogenated alkanes) is 2. The normalized spacial score (nSPS) is 31.6. The third-order valence-corrected chi connectivity index (χ3v) is 4.34. The van der Waals surface area contributed by atoms with Gasteiger partial charge in [0.15, 0.2) is 0 Å². The molecular formula is C13H25N3O2. The lowest BCUT2D eigenvalue weighted by Crippen LogP contribution is -2.45. The highest BCUT2D eigenvalue weighted by Crippen LogP contribution is 2.35. The molecule has 2 saturated heterocycles. The van der Waals surface area contributed by atoms with Crippen molar-refractivity contribution in [3.05, 3.63) is 0 Å². The number of hydrogen-bond acceptors (Lipinski definition) is 4. The van der Waals surface area contributed by atoms with E-state index in [1.165, 1.54) is 12.8 Å². The van der Waals surface area contributed by atoms with Gasteiger partial charge in [-0.15, -0.1) is 0 Å². The van der Waals surface area contributed by atoms with Crippen LogP contribution in [0.15, 0.2) is 0 Å². The summed E-state index contributed by atoms with van der Waals surface area (Å²) in [6, 6.07) is 1.21. The number of carbonyl (C=O) groups is 1. The fraction of sp³-hybridized carbons (Fsp3) is 0.923. The van der Waals surface area contributed by atoms with E-state index in [0.29, 0.717) is 18.5 Å². The third-order valence-electron chi connectivity index (χ3n) is 4.34. The molecule has 4 N–H and O–H groups in total. The van der Waals surface area contributed by atoms with E-state index in [0.717, 1.165) is 38.6 Å². The van der Waals surface area contributed by atoms with Crippen LogP contribution in [-0.4, -0.2) is 40.6 Å². The van der Waals surface area contributed by atoms with E-state index < -0.39 is 0 Å². The van der Waals surface area contributed by atoms with Crippen LogP contribution in [0.4, 0.5) is 0 Å². The van der Waals surface area contributed by atoms with Crippen molar-refractivity contribution in [1.29, 1.82) is 0 Å². The fourth-order valence-electron chi connectivity index (χ4n) is 3.44. The number of amides is 1. The van der Waals surface area contributed by atoms with Crippen LogP contribution in [-0.2, 0) is 4.79 Å². The van der Waals surface area contributed by atoms with Crippen LogP contribution in [0, 0.1) is 0 Å². The van der Waals surface area contributed by atoms with Crippen LogP contribution in [0.5, 0.6) is 0 Å². The number of aliphatic hydroxyl groups is 1. The van der Waals surface area contributed by atoms with Crippen molar-refractivity contribution in [2.75, 3.05) is 6.54 Å². The number of nitrogens with one attached hydrogen (secondary N) is 1. The molecule has 2 rings (SSSR count). The summed E-state index contributed by atoms with van der Waals surface area (Å²) in [5.41, 5.74) is 2.16. The van der Waals surface area contributed by atoms with Crippen molar-refractivity contribution in [3.63, 3.8) is 0 Å². The maximum absolute atomic E-state index is 11.0. The van der Waals surface area contributed by atoms with Crippen molar-refractivity contribution in [3.8, 4) is 0 Å². The first-order valence-electron chi connectivity index (χ1n) is 7.14. The Kier molecular flexibility index (Phi) is 4.97. The highest BCUT2D eigenvalue weighted by atomic mass is 16.3. The Morgan fingerprint density at radius 1 is 1.22 bits per heavy atom. The van der Waals surface area contributed by atoms with Gasteiger partial charge in [-0.2, -0.15) is 0 Å². The SMILES string of the molecule is NNC(=O)CCCCCN1C2CCC1CC(O)C2. The minimum atomic E-state index is -0.0769. The Balaban J connectivity index is 1.61. The molecule has 2 fully saturated rings. The minimum Gasteiger partial charge on any atom is -0.393 e. The van der Waals surface area contributed by atoms with Gasteiger partial charge in [-0.1, -0.05) is 6.42 Å². The summed E-state index contributed by atoms with van der Waals surface area (Å²) in [6.45, 7) is 1.12. The molecule has 0 spiro atoms. The number of carbonyl (C=O) groups excluding carboxylic acids is 1. The lowest BCUT2D eigenvalue weighted by molar-refractivity contribution is -0.121. The Morgan fingerprint density at radius 3 is 2.50 bits per heavy atom. The molecule has 0 aromatic heterocycles. The highest BCUT2D eigenvalue weighted by molar-refractivity contribution is 5.74. The first-order chi connectivity index (χ1) is 8.70. The largest absolute Gasteiger partial charge is 0.393 e. The molecule has 2 unspecified atom stereocenters. The minimum absolute atomic E-state index is 0.0730. The average molecular weight is 255 g/mol. The molecule has 5 heteroatoms. The van der Waals surface area contributed by atoms with Crippen molar-refractivity contribution in [1.82, 2.24) is 10.3 Å². The van der Waals surface area contributed by atoms with Gasteiger partial charge in [0, 0.05) is 18.5 Å². The summed E-state index contributed by atoms with van der Waals surface area (Å²) >= 11 is 0. The summed E-state index contributed by atoms with van der Waals surface area (Å²) in [4.78, 5) is 13.5. The van der Waals surface area contributed by atoms with E-state index in [4.69, 9.17) is 5.84 Å². The Morgan fingerprint density at radius 2 is 1.89 bits per heavy atom. The highest BCUT2D eigenvalue weighted by Gasteiger charge is 2.39. The topological polar surface area (TPSA) is 78.6 Å². The molecule has 0 aromatic carbocycles. The molecule has 2 heterocycles. The number of rotatable bonds is 6. The number of fused-ring (bicyclic) bond motifs is 2. The number of aliphatic hydroxyl groups excluding tert-OH is 1. The predicted octanol–water partition coefficient (Wildman–Crippen LogP) is 0.524. The molecule has 1 amide bonds. The van der Waals surface area contributed by atoms with Gasteiger partial charge >= 0.3 is 0 Å². The number of piperidine rings is 1. The van der Waals surface area contributed by atoms with Crippen LogP contribution in [0.1, 0.15) is 51.4 Å². The average Bonchev–Trinajstić information content (AvgIpc) is 2.59. The molecule has 104 valence electrons. The number of hydrazine groups is 1. The van der Waals surface area contributed by atoms with Crippen LogP contribution >= 0.6 is 0 Å². The van der Waals surface area contributed by atoms with Crippen molar-refractivity contribution < 1.29 is 9.90 Å². The fourth-order valence-corrected chi connectivity index (χ4v) is 3.44. The maximum atomic E-state index is 11.0. The number of nitrogens with two attached hydrogens (primary N) is 1. The van der Waals surface area contributed by atoms with Crippen LogP contribution in [0.2, 0.25) is 0 Å². The second-order valence-electron chi connectivity index (χ2n) is 5.63. The zero-order valence-electron chi connectivity index (χ0n) is 11.0. The first kappa shape index (κ1) is 13.8. The second-order valence-corrected chi connectivity index (χ2v) is 5.63. The second kappa shape index (κ2) is 6.50. The maximum Gasteiger partial charge on any atom is 0.233 e. The van der Waals surface area contributed by atoms with Gasteiger partial charge in [0.25, 0.3) is 0 Å². The summed E-state index contributed by atoms with van der Waals surface area (Å²) in [6.07, 6.45) is 7.98. The van der Waals surface area contributed by atoms with E-state index in [9.17, 15) is 9.90 Å². The van der Waals surface area contributed by atoms with Gasteiger partial charge in [-0.25, -0.2) is 5.84 Å². The number of nitrogens with zero attached hydrogens (tertiary/aromatic N) is 1. The van der Waals surface area contributed by atoms with Gasteiger partial charge < -0.3 is 5.11 Å². The lowest BCUT2D eigenvalue weighted by atomic mass is 9.99. The van der Waals surface area contributed by atoms with Gasteiger partial charge in [-0.3, -0.25) is 15.1 Å². The zero-order chi connectivity index (χ0) is 13.0. The summed E-state index contributed by atoms with van der Waals surface area (Å²) in [5.74, 6) is 4.96. The number of hydrogen-bond donors (Lipinski definition) is 3. The smallest absolute Gasteiger partial charge is 0.233 e. The molecule has 0 radical (unpaired) electrons. The van der Waals surface area contributed by atoms with Crippen molar-refractivity contribution >= 4 is 5.91 Å². The monoisotopic (exact) mass is 255 g/mol. The van der Waals surface area contributed by atoms with Gasteiger partial charge in [0.2, 0.25) is 5.91 Å². The predicted molar refractivity (Wildman–Crippen MR) is 69.6 cm³/mol. The van der Waals surface area contributed by atoms with E-state index in [1.54, 1.807) is 0 Å². The van der Waals surface area contributed by atoms with E-state index in [1.807, 2.05) is 0 Å². The summed E-state index contributed by atoms with van der Waals surface area (Å²) < 4.78 is 0. The van der Waals surface area contributed by atoms with Gasteiger partial charge in [0.05, 0.1) is 6.10 Å². The molecular weight excluding hydrogens is 230 g/mol. The van der Waals surface area contributed by atoms with Crippen molar-refractivity contribution in [2.45, 2.75) is 69.6 Å². The molecule has 2 atom stereocenters. The summed E-state index contributed by atoms with van der Waals surface area (Å²) in [7, 11) is 0. The molecule has 2 aliphatic rings. The Bertz CT molecular complexity index is 271. The Labute approximate surface area is 109 Å². The molecule has 0 aliphatic carbocycles. The quantitative estimate of drug-likeness (QED) is 0.280. The van der Waals surface area contributed by atoms with Crippen LogP contribution < -0.4 is 11.3 Å². The first-order valence-corrected chi connectivity index (χ1v) is 7.14. The third kappa shape index (κ3) is 3.43. The van der Waals surface area contributed by atoms with E-state index >= 15 is 0 Å². The molecule has 0 aromatic rings. The molecule has 2 aliphatic heterocycles. The zero-order valence-corrected chi connectivity index (χ0v) is 11.0. The summed E-state index contributed by atoms with van der Waals surface area (Å²) in [5, 5.41) is 9.72. The van der Waals surface area contributed by atoms with Crippen LogP contribution in [0.3, 0.4) is 0 Å².